The molecule has 0 aliphatic carbocycles. The van der Waals surface area contributed by atoms with E-state index in [4.69, 9.17) is 10.1 Å². The van der Waals surface area contributed by atoms with E-state index in [0.29, 0.717) is 12.4 Å². The van der Waals surface area contributed by atoms with Crippen LogP contribution in [0.15, 0.2) is 84.9 Å². The average Bonchev–Trinajstić information content (AvgIpc) is 3.16. The molecule has 0 saturated heterocycles. The van der Waals surface area contributed by atoms with Crippen LogP contribution < -0.4 is 0 Å². The molecule has 0 aliphatic heterocycles. The number of aryl methyl sites for hydroxylation is 1. The van der Waals surface area contributed by atoms with Gasteiger partial charge in [0, 0.05) is 12.6 Å². The molecule has 30 heavy (non-hydrogen) atoms. The first kappa shape index (κ1) is 19.6. The molecular formula is C25H22N2O3. The number of aliphatic hydroxyl groups is 1. The molecule has 0 bridgehead atoms. The summed E-state index contributed by atoms with van der Waals surface area (Å²) in [5.74, 6) is -0.473. The number of benzene rings is 3. The predicted molar refractivity (Wildman–Crippen MR) is 117 cm³/mol. The fourth-order valence-electron chi connectivity index (χ4n) is 3.79. The number of carboxylic acid groups (broad SMARTS) is 1. The van der Waals surface area contributed by atoms with E-state index in [-0.39, 0.29) is 0 Å². The molecule has 1 aromatic heterocycles. The number of nitrogens with zero attached hydrogens (tertiary/aromatic N) is 2. The van der Waals surface area contributed by atoms with Gasteiger partial charge in [0.15, 0.2) is 11.4 Å². The highest BCUT2D eigenvalue weighted by Gasteiger charge is 2.38. The Morgan fingerprint density at radius 1 is 1.00 bits per heavy atom. The van der Waals surface area contributed by atoms with Gasteiger partial charge >= 0.3 is 5.97 Å². The van der Waals surface area contributed by atoms with Gasteiger partial charge in [0.05, 0.1) is 11.0 Å². The highest BCUT2D eigenvalue weighted by atomic mass is 16.4. The van der Waals surface area contributed by atoms with Crippen LogP contribution >= 0.6 is 0 Å². The van der Waals surface area contributed by atoms with Crippen LogP contribution in [0.4, 0.5) is 0 Å². The first-order valence-corrected chi connectivity index (χ1v) is 9.79. The number of carboxylic acids is 1. The van der Waals surface area contributed by atoms with Gasteiger partial charge in [-0.3, -0.25) is 0 Å². The van der Waals surface area contributed by atoms with E-state index in [1.54, 1.807) is 6.08 Å². The molecule has 0 fully saturated rings. The maximum Gasteiger partial charge on any atom is 0.328 e. The zero-order valence-electron chi connectivity index (χ0n) is 16.6. The number of aliphatic carboxylic acids is 1. The van der Waals surface area contributed by atoms with Gasteiger partial charge in [0.25, 0.3) is 0 Å². The maximum absolute atomic E-state index is 12.1. The van der Waals surface area contributed by atoms with E-state index in [0.717, 1.165) is 33.8 Å². The molecule has 0 saturated carbocycles. The molecule has 0 radical (unpaired) electrons. The minimum absolute atomic E-state index is 0.525. The molecule has 150 valence electrons. The Bertz CT molecular complexity index is 1170. The molecule has 2 N–H and O–H groups in total. The van der Waals surface area contributed by atoms with Gasteiger partial charge in [-0.15, -0.1) is 0 Å². The van der Waals surface area contributed by atoms with Crippen LogP contribution in [0.3, 0.4) is 0 Å². The van der Waals surface area contributed by atoms with E-state index >= 15 is 0 Å². The zero-order chi connectivity index (χ0) is 21.1. The van der Waals surface area contributed by atoms with Crippen LogP contribution in [0.2, 0.25) is 0 Å². The van der Waals surface area contributed by atoms with Crippen molar-refractivity contribution in [3.05, 3.63) is 107 Å². The summed E-state index contributed by atoms with van der Waals surface area (Å²) in [6.45, 7) is 2.60. The Labute approximate surface area is 174 Å². The lowest BCUT2D eigenvalue weighted by molar-refractivity contribution is -0.131. The molecule has 5 nitrogen and oxygen atoms in total. The summed E-state index contributed by atoms with van der Waals surface area (Å²) < 4.78 is 1.98. The lowest BCUT2D eigenvalue weighted by Crippen LogP contribution is -2.32. The largest absolute Gasteiger partial charge is 0.478 e. The molecule has 0 spiro atoms. The molecule has 0 unspecified atom stereocenters. The lowest BCUT2D eigenvalue weighted by Gasteiger charge is -2.29. The van der Waals surface area contributed by atoms with Crippen molar-refractivity contribution >= 4 is 23.1 Å². The third-order valence-corrected chi connectivity index (χ3v) is 5.21. The van der Waals surface area contributed by atoms with Crippen molar-refractivity contribution in [2.24, 2.45) is 0 Å². The van der Waals surface area contributed by atoms with E-state index in [2.05, 4.69) is 0 Å². The standard InChI is InChI=1S/C25H22N2O3/c1-2-27-22-17-18(14-16-23(28)29)13-15-21(22)26-24(27)25(30,19-9-5-3-6-10-19)20-11-7-4-8-12-20/h3-17,30H,2H2,1H3,(H,28,29). The van der Waals surface area contributed by atoms with E-state index < -0.39 is 11.6 Å². The van der Waals surface area contributed by atoms with Gasteiger partial charge in [0.2, 0.25) is 0 Å². The Morgan fingerprint density at radius 2 is 1.60 bits per heavy atom. The molecule has 0 aliphatic rings. The molecule has 0 amide bonds. The number of hydrogen-bond donors (Lipinski definition) is 2. The van der Waals surface area contributed by atoms with Crippen molar-refractivity contribution in [2.45, 2.75) is 19.1 Å². The predicted octanol–water partition coefficient (Wildman–Crippen LogP) is 4.44. The summed E-state index contributed by atoms with van der Waals surface area (Å²) in [5.41, 5.74) is 2.36. The summed E-state index contributed by atoms with van der Waals surface area (Å²) in [6, 6.07) is 24.6. The summed E-state index contributed by atoms with van der Waals surface area (Å²) in [7, 11) is 0. The van der Waals surface area contributed by atoms with Crippen molar-refractivity contribution in [1.82, 2.24) is 9.55 Å². The van der Waals surface area contributed by atoms with Crippen molar-refractivity contribution in [2.75, 3.05) is 0 Å². The highest BCUT2D eigenvalue weighted by Crippen LogP contribution is 2.37. The number of imidazole rings is 1. The third kappa shape index (κ3) is 3.40. The van der Waals surface area contributed by atoms with Gasteiger partial charge in [-0.25, -0.2) is 9.78 Å². The second kappa shape index (κ2) is 7.97. The quantitative estimate of drug-likeness (QED) is 0.471. The normalized spacial score (nSPS) is 11.9. The van der Waals surface area contributed by atoms with Crippen molar-refractivity contribution in [3.8, 4) is 0 Å². The van der Waals surface area contributed by atoms with Crippen molar-refractivity contribution in [1.29, 1.82) is 0 Å². The first-order chi connectivity index (χ1) is 14.5. The maximum atomic E-state index is 12.1. The average molecular weight is 398 g/mol. The van der Waals surface area contributed by atoms with Crippen LogP contribution in [0.1, 0.15) is 29.4 Å². The fourth-order valence-corrected chi connectivity index (χ4v) is 3.79. The van der Waals surface area contributed by atoms with Crippen LogP contribution in [0, 0.1) is 0 Å². The summed E-state index contributed by atoms with van der Waals surface area (Å²) >= 11 is 0. The van der Waals surface area contributed by atoms with Gasteiger partial charge < -0.3 is 14.8 Å². The van der Waals surface area contributed by atoms with E-state index in [9.17, 15) is 9.90 Å². The third-order valence-electron chi connectivity index (χ3n) is 5.21. The van der Waals surface area contributed by atoms with Crippen molar-refractivity contribution in [3.63, 3.8) is 0 Å². The number of rotatable bonds is 6. The molecule has 4 aromatic rings. The first-order valence-electron chi connectivity index (χ1n) is 9.79. The second-order valence-electron chi connectivity index (χ2n) is 7.04. The fraction of sp³-hybridized carbons (Fsp3) is 0.120. The van der Waals surface area contributed by atoms with E-state index in [1.807, 2.05) is 90.4 Å². The summed E-state index contributed by atoms with van der Waals surface area (Å²) in [5, 5.41) is 21.0. The highest BCUT2D eigenvalue weighted by molar-refractivity contribution is 5.87. The Balaban J connectivity index is 1.97. The molecule has 4 rings (SSSR count). The SMILES string of the molecule is CCn1c(C(O)(c2ccccc2)c2ccccc2)nc2ccc(C=CC(=O)O)cc21. The minimum Gasteiger partial charge on any atom is -0.478 e. The Morgan fingerprint density at radius 3 is 2.13 bits per heavy atom. The zero-order valence-corrected chi connectivity index (χ0v) is 16.6. The van der Waals surface area contributed by atoms with Crippen LogP contribution in [0.25, 0.3) is 17.1 Å². The molecule has 3 aromatic carbocycles. The number of aromatic nitrogens is 2. The molecule has 1 heterocycles. The van der Waals surface area contributed by atoms with Crippen LogP contribution in [0.5, 0.6) is 0 Å². The van der Waals surface area contributed by atoms with Crippen molar-refractivity contribution < 1.29 is 15.0 Å². The monoisotopic (exact) mass is 398 g/mol. The molecule has 5 heteroatoms. The van der Waals surface area contributed by atoms with Crippen LogP contribution in [-0.4, -0.2) is 25.7 Å². The summed E-state index contributed by atoms with van der Waals surface area (Å²) in [6.07, 6.45) is 2.66. The Kier molecular flexibility index (Phi) is 5.21. The topological polar surface area (TPSA) is 75.3 Å². The van der Waals surface area contributed by atoms with Gasteiger partial charge in [-0.2, -0.15) is 0 Å². The smallest absolute Gasteiger partial charge is 0.328 e. The van der Waals surface area contributed by atoms with E-state index in [1.165, 1.54) is 0 Å². The Hall–Kier alpha value is -3.70. The minimum atomic E-state index is -1.44. The number of hydrogen-bond acceptors (Lipinski definition) is 3. The van der Waals surface area contributed by atoms with Gasteiger partial charge in [0.1, 0.15) is 0 Å². The molecular weight excluding hydrogens is 376 g/mol. The van der Waals surface area contributed by atoms with Gasteiger partial charge in [-0.1, -0.05) is 66.7 Å². The molecule has 0 atom stereocenters. The number of fused-ring (bicyclic) bond motifs is 1. The van der Waals surface area contributed by atoms with Gasteiger partial charge in [-0.05, 0) is 41.8 Å². The second-order valence-corrected chi connectivity index (χ2v) is 7.04. The lowest BCUT2D eigenvalue weighted by atomic mass is 9.85. The number of carbonyl (C=O) groups is 1. The van der Waals surface area contributed by atoms with Crippen LogP contribution in [-0.2, 0) is 16.9 Å². The summed E-state index contributed by atoms with van der Waals surface area (Å²) in [4.78, 5) is 15.7.